The predicted molar refractivity (Wildman–Crippen MR) is 60.4 cm³/mol. The first-order valence-electron chi connectivity index (χ1n) is 4.15. The minimum Gasteiger partial charge on any atom is -0.490 e. The Morgan fingerprint density at radius 2 is 2.46 bits per heavy atom. The molecule has 0 amide bonds. The molecule has 0 radical (unpaired) electrons. The Morgan fingerprint density at radius 1 is 1.62 bits per heavy atom. The van der Waals surface area contributed by atoms with E-state index in [1.807, 2.05) is 23.9 Å². The Hall–Kier alpha value is -0.220. The molecule has 0 fully saturated rings. The SMILES string of the molecule is CCSCCOc1cccnc1Br. The average molecular weight is 262 g/mol. The highest BCUT2D eigenvalue weighted by molar-refractivity contribution is 9.10. The van der Waals surface area contributed by atoms with E-state index in [9.17, 15) is 0 Å². The first kappa shape index (κ1) is 10.9. The van der Waals surface area contributed by atoms with Crippen molar-refractivity contribution in [1.29, 1.82) is 0 Å². The van der Waals surface area contributed by atoms with Crippen molar-refractivity contribution in [3.05, 3.63) is 22.9 Å². The van der Waals surface area contributed by atoms with Gasteiger partial charge in [0.2, 0.25) is 0 Å². The molecule has 13 heavy (non-hydrogen) atoms. The van der Waals surface area contributed by atoms with E-state index in [1.54, 1.807) is 6.20 Å². The van der Waals surface area contributed by atoms with Gasteiger partial charge in [-0.25, -0.2) is 4.98 Å². The standard InChI is InChI=1S/C9H12BrNOS/c1-2-13-7-6-12-8-4-3-5-11-9(8)10/h3-5H,2,6-7H2,1H3. The van der Waals surface area contributed by atoms with Crippen molar-refractivity contribution in [2.24, 2.45) is 0 Å². The molecule has 4 heteroatoms. The van der Waals surface area contributed by atoms with E-state index in [4.69, 9.17) is 4.74 Å². The van der Waals surface area contributed by atoms with Gasteiger partial charge in [-0.05, 0) is 33.8 Å². The Balaban J connectivity index is 2.32. The van der Waals surface area contributed by atoms with Crippen LogP contribution in [0.4, 0.5) is 0 Å². The van der Waals surface area contributed by atoms with E-state index >= 15 is 0 Å². The monoisotopic (exact) mass is 261 g/mol. The number of pyridine rings is 1. The van der Waals surface area contributed by atoms with Gasteiger partial charge < -0.3 is 4.74 Å². The lowest BCUT2D eigenvalue weighted by molar-refractivity contribution is 0.340. The molecule has 2 nitrogen and oxygen atoms in total. The van der Waals surface area contributed by atoms with Crippen LogP contribution >= 0.6 is 27.7 Å². The maximum absolute atomic E-state index is 5.51. The molecule has 1 aromatic heterocycles. The lowest BCUT2D eigenvalue weighted by Gasteiger charge is -2.05. The summed E-state index contributed by atoms with van der Waals surface area (Å²) in [5.41, 5.74) is 0. The molecule has 0 aliphatic carbocycles. The number of hydrogen-bond donors (Lipinski definition) is 0. The summed E-state index contributed by atoms with van der Waals surface area (Å²) in [5, 5.41) is 0. The molecule has 72 valence electrons. The van der Waals surface area contributed by atoms with Gasteiger partial charge in [0.25, 0.3) is 0 Å². The number of rotatable bonds is 5. The fourth-order valence-corrected chi connectivity index (χ4v) is 1.69. The van der Waals surface area contributed by atoms with Crippen molar-refractivity contribution < 1.29 is 4.74 Å². The zero-order valence-electron chi connectivity index (χ0n) is 7.50. The number of nitrogens with zero attached hydrogens (tertiary/aromatic N) is 1. The van der Waals surface area contributed by atoms with Gasteiger partial charge in [0, 0.05) is 11.9 Å². The van der Waals surface area contributed by atoms with Crippen LogP contribution in [-0.2, 0) is 0 Å². The van der Waals surface area contributed by atoms with Crippen LogP contribution in [0, 0.1) is 0 Å². The van der Waals surface area contributed by atoms with Crippen LogP contribution in [-0.4, -0.2) is 23.1 Å². The fraction of sp³-hybridized carbons (Fsp3) is 0.444. The van der Waals surface area contributed by atoms with Gasteiger partial charge in [0.05, 0.1) is 6.61 Å². The molecule has 0 saturated heterocycles. The molecule has 0 unspecified atom stereocenters. The van der Waals surface area contributed by atoms with Crippen molar-refractivity contribution >= 4 is 27.7 Å². The molecule has 0 aliphatic rings. The number of thioether (sulfide) groups is 1. The summed E-state index contributed by atoms with van der Waals surface area (Å²) in [7, 11) is 0. The van der Waals surface area contributed by atoms with Gasteiger partial charge in [-0.2, -0.15) is 11.8 Å². The zero-order valence-corrected chi connectivity index (χ0v) is 9.90. The molecule has 1 heterocycles. The normalized spacial score (nSPS) is 10.0. The summed E-state index contributed by atoms with van der Waals surface area (Å²) < 4.78 is 6.28. The average Bonchev–Trinajstić information content (AvgIpc) is 2.15. The van der Waals surface area contributed by atoms with Gasteiger partial charge in [0.1, 0.15) is 4.60 Å². The van der Waals surface area contributed by atoms with Gasteiger partial charge in [0.15, 0.2) is 5.75 Å². The third kappa shape index (κ3) is 4.00. The summed E-state index contributed by atoms with van der Waals surface area (Å²) in [6, 6.07) is 3.78. The van der Waals surface area contributed by atoms with Crippen molar-refractivity contribution in [2.45, 2.75) is 6.92 Å². The van der Waals surface area contributed by atoms with Gasteiger partial charge >= 0.3 is 0 Å². The van der Waals surface area contributed by atoms with Crippen molar-refractivity contribution in [1.82, 2.24) is 4.98 Å². The van der Waals surface area contributed by atoms with Crippen LogP contribution in [0.2, 0.25) is 0 Å². The summed E-state index contributed by atoms with van der Waals surface area (Å²) in [5.74, 6) is 2.98. The predicted octanol–water partition coefficient (Wildman–Crippen LogP) is 2.98. The summed E-state index contributed by atoms with van der Waals surface area (Å²) in [6.07, 6.45) is 1.73. The lowest BCUT2D eigenvalue weighted by Crippen LogP contribution is -2.01. The minimum atomic E-state index is 0.739. The Bertz CT molecular complexity index is 257. The highest BCUT2D eigenvalue weighted by atomic mass is 79.9. The molecule has 1 rings (SSSR count). The Labute approximate surface area is 91.2 Å². The van der Waals surface area contributed by atoms with E-state index in [0.717, 1.165) is 28.5 Å². The van der Waals surface area contributed by atoms with Gasteiger partial charge in [-0.15, -0.1) is 0 Å². The third-order valence-corrected chi connectivity index (χ3v) is 2.87. The first-order chi connectivity index (χ1) is 6.34. The quantitative estimate of drug-likeness (QED) is 0.601. The van der Waals surface area contributed by atoms with E-state index in [0.29, 0.717) is 0 Å². The Kier molecular flexibility index (Phi) is 5.23. The largest absolute Gasteiger partial charge is 0.490 e. The molecule has 1 aromatic rings. The van der Waals surface area contributed by atoms with Crippen molar-refractivity contribution in [2.75, 3.05) is 18.1 Å². The van der Waals surface area contributed by atoms with Crippen LogP contribution in [0.5, 0.6) is 5.75 Å². The van der Waals surface area contributed by atoms with Crippen LogP contribution in [0.1, 0.15) is 6.92 Å². The highest BCUT2D eigenvalue weighted by Crippen LogP contribution is 2.20. The van der Waals surface area contributed by atoms with Crippen LogP contribution < -0.4 is 4.74 Å². The summed E-state index contributed by atoms with van der Waals surface area (Å²) >= 11 is 5.20. The molecular weight excluding hydrogens is 250 g/mol. The fourth-order valence-electron chi connectivity index (χ4n) is 0.834. The summed E-state index contributed by atoms with van der Waals surface area (Å²) in [6.45, 7) is 2.88. The van der Waals surface area contributed by atoms with Crippen LogP contribution in [0.3, 0.4) is 0 Å². The third-order valence-electron chi connectivity index (χ3n) is 1.41. The molecule has 0 saturated carbocycles. The van der Waals surface area contributed by atoms with Crippen molar-refractivity contribution in [3.8, 4) is 5.75 Å². The molecule has 0 aromatic carbocycles. The lowest BCUT2D eigenvalue weighted by atomic mass is 10.5. The molecule has 0 bridgehead atoms. The van der Waals surface area contributed by atoms with E-state index in [-0.39, 0.29) is 0 Å². The number of ether oxygens (including phenoxy) is 1. The van der Waals surface area contributed by atoms with E-state index in [2.05, 4.69) is 27.8 Å². The Morgan fingerprint density at radius 3 is 3.15 bits per heavy atom. The zero-order chi connectivity index (χ0) is 9.52. The van der Waals surface area contributed by atoms with E-state index in [1.165, 1.54) is 0 Å². The summed E-state index contributed by atoms with van der Waals surface area (Å²) in [4.78, 5) is 4.06. The number of aromatic nitrogens is 1. The molecular formula is C9H12BrNOS. The molecule has 0 aliphatic heterocycles. The maximum Gasteiger partial charge on any atom is 0.152 e. The number of hydrogen-bond acceptors (Lipinski definition) is 3. The van der Waals surface area contributed by atoms with Gasteiger partial charge in [-0.3, -0.25) is 0 Å². The second kappa shape index (κ2) is 6.27. The number of halogens is 1. The maximum atomic E-state index is 5.51. The van der Waals surface area contributed by atoms with Gasteiger partial charge in [-0.1, -0.05) is 6.92 Å². The molecule has 0 N–H and O–H groups in total. The van der Waals surface area contributed by atoms with Crippen molar-refractivity contribution in [3.63, 3.8) is 0 Å². The molecule has 0 atom stereocenters. The first-order valence-corrected chi connectivity index (χ1v) is 6.10. The second-order valence-corrected chi connectivity index (χ2v) is 4.48. The second-order valence-electron chi connectivity index (χ2n) is 2.34. The minimum absolute atomic E-state index is 0.739. The highest BCUT2D eigenvalue weighted by Gasteiger charge is 1.99. The molecule has 0 spiro atoms. The van der Waals surface area contributed by atoms with Crippen LogP contribution in [0.25, 0.3) is 0 Å². The smallest absolute Gasteiger partial charge is 0.152 e. The topological polar surface area (TPSA) is 22.1 Å². The van der Waals surface area contributed by atoms with E-state index < -0.39 is 0 Å². The van der Waals surface area contributed by atoms with Crippen LogP contribution in [0.15, 0.2) is 22.9 Å².